The van der Waals surface area contributed by atoms with Crippen LogP contribution in [0.1, 0.15) is 9.67 Å². The summed E-state index contributed by atoms with van der Waals surface area (Å²) in [6.45, 7) is 0. The predicted octanol–water partition coefficient (Wildman–Crippen LogP) is 6.55. The lowest BCUT2D eigenvalue weighted by Gasteiger charge is -2.04. The Morgan fingerprint density at radius 1 is 0.923 bits per heavy atom. The summed E-state index contributed by atoms with van der Waals surface area (Å²) in [5.41, 5.74) is 3.85. The fourth-order valence-corrected chi connectivity index (χ4v) is 4.63. The Morgan fingerprint density at radius 2 is 1.69 bits per heavy atom. The number of rotatable bonds is 4. The first-order valence-corrected chi connectivity index (χ1v) is 10.4. The van der Waals surface area contributed by atoms with E-state index in [1.54, 1.807) is 11.3 Å². The second kappa shape index (κ2) is 7.53. The van der Waals surface area contributed by atoms with Crippen molar-refractivity contribution >= 4 is 50.2 Å². The van der Waals surface area contributed by atoms with E-state index in [1.807, 2.05) is 53.9 Å². The maximum Gasteiger partial charge on any atom is 0.265 e. The minimum atomic E-state index is -0.103. The minimum Gasteiger partial charge on any atom is -0.321 e. The fourth-order valence-electron chi connectivity index (χ4n) is 2.47. The number of nitrogens with zero attached hydrogens (tertiary/aromatic N) is 1. The van der Waals surface area contributed by atoms with Gasteiger partial charge in [-0.05, 0) is 34.1 Å². The largest absolute Gasteiger partial charge is 0.321 e. The first-order chi connectivity index (χ1) is 12.7. The first-order valence-electron chi connectivity index (χ1n) is 7.86. The van der Waals surface area contributed by atoms with Gasteiger partial charge in [0.25, 0.3) is 5.91 Å². The zero-order chi connectivity index (χ0) is 17.9. The van der Waals surface area contributed by atoms with Crippen LogP contribution in [0.2, 0.25) is 0 Å². The van der Waals surface area contributed by atoms with Gasteiger partial charge in [-0.1, -0.05) is 42.5 Å². The summed E-state index contributed by atoms with van der Waals surface area (Å²) in [6.07, 6.45) is 0. The van der Waals surface area contributed by atoms with Crippen molar-refractivity contribution in [2.75, 3.05) is 5.32 Å². The normalized spacial score (nSPS) is 10.7. The number of hydrogen-bond acceptors (Lipinski definition) is 4. The molecule has 0 saturated carbocycles. The molecule has 0 saturated heterocycles. The molecule has 0 unspecified atom stereocenters. The van der Waals surface area contributed by atoms with E-state index < -0.39 is 0 Å². The molecular formula is C20H13BrN2OS2. The van der Waals surface area contributed by atoms with Crippen LogP contribution < -0.4 is 5.32 Å². The highest BCUT2D eigenvalue weighted by molar-refractivity contribution is 9.10. The molecule has 0 fully saturated rings. The van der Waals surface area contributed by atoms with Crippen LogP contribution in [-0.2, 0) is 0 Å². The molecule has 0 radical (unpaired) electrons. The number of carbonyl (C=O) groups excluding carboxylic acids is 1. The highest BCUT2D eigenvalue weighted by atomic mass is 79.9. The van der Waals surface area contributed by atoms with Crippen molar-refractivity contribution in [2.24, 2.45) is 0 Å². The molecule has 0 bridgehead atoms. The molecule has 1 N–H and O–H groups in total. The van der Waals surface area contributed by atoms with Crippen LogP contribution in [0.15, 0.2) is 75.9 Å². The van der Waals surface area contributed by atoms with Gasteiger partial charge in [0.1, 0.15) is 5.01 Å². The molecule has 6 heteroatoms. The Kier molecular flexibility index (Phi) is 4.97. The number of benzene rings is 2. The van der Waals surface area contributed by atoms with Crippen LogP contribution in [0.25, 0.3) is 21.8 Å². The Bertz CT molecular complexity index is 1040. The lowest BCUT2D eigenvalue weighted by molar-refractivity contribution is 0.103. The zero-order valence-electron chi connectivity index (χ0n) is 13.5. The van der Waals surface area contributed by atoms with Gasteiger partial charge in [-0.25, -0.2) is 4.98 Å². The number of carbonyl (C=O) groups is 1. The summed E-state index contributed by atoms with van der Waals surface area (Å²) in [6, 6.07) is 19.7. The molecule has 4 aromatic rings. The second-order valence-corrected chi connectivity index (χ2v) is 8.25. The molecule has 3 nitrogen and oxygen atoms in total. The van der Waals surface area contributed by atoms with E-state index in [1.165, 1.54) is 11.3 Å². The van der Waals surface area contributed by atoms with Gasteiger partial charge >= 0.3 is 0 Å². The summed E-state index contributed by atoms with van der Waals surface area (Å²) in [5.74, 6) is -0.103. The standard InChI is InChI=1S/C20H13BrN2OS2/c21-15-10-18(25-11-15)19(24)22-16-8-6-13(7-9-16)17-12-26-20(23-17)14-4-2-1-3-5-14/h1-12H,(H,22,24). The van der Waals surface area contributed by atoms with Crippen LogP contribution in [-0.4, -0.2) is 10.9 Å². The van der Waals surface area contributed by atoms with Gasteiger partial charge in [0.15, 0.2) is 0 Å². The third-order valence-electron chi connectivity index (χ3n) is 3.75. The lowest BCUT2D eigenvalue weighted by atomic mass is 10.1. The highest BCUT2D eigenvalue weighted by Gasteiger charge is 2.10. The summed E-state index contributed by atoms with van der Waals surface area (Å²) in [7, 11) is 0. The van der Waals surface area contributed by atoms with E-state index in [0.717, 1.165) is 32.0 Å². The number of hydrogen-bond donors (Lipinski definition) is 1. The maximum atomic E-state index is 12.2. The van der Waals surface area contributed by atoms with Crippen LogP contribution in [0.3, 0.4) is 0 Å². The van der Waals surface area contributed by atoms with Gasteiger partial charge in [0.05, 0.1) is 10.6 Å². The van der Waals surface area contributed by atoms with Crippen molar-refractivity contribution in [3.63, 3.8) is 0 Å². The number of amides is 1. The Labute approximate surface area is 167 Å². The van der Waals surface area contributed by atoms with Gasteiger partial charge in [0, 0.05) is 32.0 Å². The SMILES string of the molecule is O=C(Nc1ccc(-c2csc(-c3ccccc3)n2)cc1)c1cc(Br)cs1. The predicted molar refractivity (Wildman–Crippen MR) is 113 cm³/mol. The number of aromatic nitrogens is 1. The topological polar surface area (TPSA) is 42.0 Å². The number of nitrogens with one attached hydrogen (secondary N) is 1. The van der Waals surface area contributed by atoms with Crippen LogP contribution >= 0.6 is 38.6 Å². The number of thiophene rings is 1. The summed E-state index contributed by atoms with van der Waals surface area (Å²) in [5, 5.41) is 7.86. The van der Waals surface area contributed by atoms with Crippen molar-refractivity contribution in [1.82, 2.24) is 4.98 Å². The Morgan fingerprint density at radius 3 is 2.38 bits per heavy atom. The van der Waals surface area contributed by atoms with Gasteiger partial charge in [-0.15, -0.1) is 22.7 Å². The van der Waals surface area contributed by atoms with Crippen LogP contribution in [0, 0.1) is 0 Å². The van der Waals surface area contributed by atoms with E-state index in [4.69, 9.17) is 4.98 Å². The molecule has 128 valence electrons. The number of anilines is 1. The van der Waals surface area contributed by atoms with E-state index in [-0.39, 0.29) is 5.91 Å². The molecule has 1 amide bonds. The fraction of sp³-hybridized carbons (Fsp3) is 0. The van der Waals surface area contributed by atoms with E-state index in [2.05, 4.69) is 38.8 Å². The smallest absolute Gasteiger partial charge is 0.265 e. The van der Waals surface area contributed by atoms with Crippen molar-refractivity contribution in [2.45, 2.75) is 0 Å². The third kappa shape index (κ3) is 3.77. The molecule has 0 aliphatic carbocycles. The summed E-state index contributed by atoms with van der Waals surface area (Å²) < 4.78 is 0.917. The number of halogens is 1. The molecule has 0 atom stereocenters. The van der Waals surface area contributed by atoms with Crippen LogP contribution in [0.4, 0.5) is 5.69 Å². The maximum absolute atomic E-state index is 12.2. The molecule has 2 heterocycles. The summed E-state index contributed by atoms with van der Waals surface area (Å²) >= 11 is 6.40. The molecular weight excluding hydrogens is 428 g/mol. The molecule has 0 aliphatic heterocycles. The second-order valence-electron chi connectivity index (χ2n) is 5.56. The van der Waals surface area contributed by atoms with Gasteiger partial charge in [0.2, 0.25) is 0 Å². The van der Waals surface area contributed by atoms with Crippen molar-refractivity contribution in [3.05, 3.63) is 80.8 Å². The number of thiazole rings is 1. The van der Waals surface area contributed by atoms with Gasteiger partial charge in [-0.2, -0.15) is 0 Å². The molecule has 2 aromatic carbocycles. The monoisotopic (exact) mass is 440 g/mol. The summed E-state index contributed by atoms with van der Waals surface area (Å²) in [4.78, 5) is 17.6. The average molecular weight is 441 g/mol. The highest BCUT2D eigenvalue weighted by Crippen LogP contribution is 2.29. The van der Waals surface area contributed by atoms with Crippen molar-refractivity contribution in [3.8, 4) is 21.8 Å². The van der Waals surface area contributed by atoms with Crippen molar-refractivity contribution < 1.29 is 4.79 Å². The van der Waals surface area contributed by atoms with Gasteiger partial charge in [-0.3, -0.25) is 4.79 Å². The molecule has 26 heavy (non-hydrogen) atoms. The Hall–Kier alpha value is -2.28. The van der Waals surface area contributed by atoms with E-state index >= 15 is 0 Å². The quantitative estimate of drug-likeness (QED) is 0.390. The van der Waals surface area contributed by atoms with Gasteiger partial charge < -0.3 is 5.32 Å². The van der Waals surface area contributed by atoms with E-state index in [0.29, 0.717) is 4.88 Å². The third-order valence-corrected chi connectivity index (χ3v) is 6.34. The van der Waals surface area contributed by atoms with Crippen LogP contribution in [0.5, 0.6) is 0 Å². The average Bonchev–Trinajstić information content (AvgIpc) is 3.32. The van der Waals surface area contributed by atoms with Crippen molar-refractivity contribution in [1.29, 1.82) is 0 Å². The molecule has 4 rings (SSSR count). The lowest BCUT2D eigenvalue weighted by Crippen LogP contribution is -2.09. The zero-order valence-corrected chi connectivity index (χ0v) is 16.7. The Balaban J connectivity index is 1.49. The molecule has 0 aliphatic rings. The van der Waals surface area contributed by atoms with E-state index in [9.17, 15) is 4.79 Å². The first kappa shape index (κ1) is 17.1. The molecule has 2 aromatic heterocycles. The minimum absolute atomic E-state index is 0.103. The molecule has 0 spiro atoms.